The average molecular weight is 490 g/mol. The lowest BCUT2D eigenvalue weighted by Gasteiger charge is -2.30. The van der Waals surface area contributed by atoms with Crippen LogP contribution in [-0.2, 0) is 20.2 Å². The van der Waals surface area contributed by atoms with Crippen LogP contribution >= 0.6 is 0 Å². The molecule has 0 spiro atoms. The van der Waals surface area contributed by atoms with Crippen molar-refractivity contribution >= 4 is 45.1 Å². The van der Waals surface area contributed by atoms with Gasteiger partial charge in [-0.3, -0.25) is 14.3 Å². The largest absolute Gasteiger partial charge is 0.496 e. The number of methoxy groups -OCH3 is 1. The van der Waals surface area contributed by atoms with Crippen molar-refractivity contribution in [2.24, 2.45) is 0 Å². The molecule has 1 aromatic carbocycles. The number of rotatable bonds is 6. The molecule has 4 amide bonds. The summed E-state index contributed by atoms with van der Waals surface area (Å²) in [5, 5.41) is 5.33. The number of amides is 4. The Morgan fingerprint density at radius 1 is 1.21 bits per heavy atom. The number of imide groups is 1. The summed E-state index contributed by atoms with van der Waals surface area (Å²) >= 11 is 0. The number of aromatic nitrogens is 1. The van der Waals surface area contributed by atoms with Crippen molar-refractivity contribution in [3.05, 3.63) is 41.6 Å². The molecular formula is C22H27N5O6S. The topological polar surface area (TPSA) is 147 Å². The predicted octanol–water partition coefficient (Wildman–Crippen LogP) is 2.46. The summed E-state index contributed by atoms with van der Waals surface area (Å²) in [6, 6.07) is 5.43. The summed E-state index contributed by atoms with van der Waals surface area (Å²) in [7, 11) is -2.05. The molecule has 1 aromatic heterocycles. The third-order valence-corrected chi connectivity index (χ3v) is 5.55. The molecular weight excluding hydrogens is 462 g/mol. The molecule has 3 N–H and O–H groups in total. The third kappa shape index (κ3) is 5.63. The maximum atomic E-state index is 13.3. The Morgan fingerprint density at radius 2 is 1.91 bits per heavy atom. The molecule has 11 nitrogen and oxygen atoms in total. The number of nitrogens with one attached hydrogen (secondary N) is 3. The Morgan fingerprint density at radius 3 is 2.44 bits per heavy atom. The number of pyridine rings is 1. The Bertz CT molecular complexity index is 1220. The van der Waals surface area contributed by atoms with Gasteiger partial charge in [0.25, 0.3) is 5.91 Å². The van der Waals surface area contributed by atoms with E-state index >= 15 is 0 Å². The second kappa shape index (κ2) is 9.29. The summed E-state index contributed by atoms with van der Waals surface area (Å²) in [6.45, 7) is 6.02. The first-order valence-electron chi connectivity index (χ1n) is 10.4. The molecule has 0 atom stereocenters. The Labute approximate surface area is 197 Å². The van der Waals surface area contributed by atoms with Gasteiger partial charge in [0.1, 0.15) is 11.6 Å². The molecule has 0 aliphatic carbocycles. The van der Waals surface area contributed by atoms with Crippen LogP contribution in [0.2, 0.25) is 0 Å². The minimum absolute atomic E-state index is 0.102. The van der Waals surface area contributed by atoms with Crippen molar-refractivity contribution in [1.29, 1.82) is 0 Å². The molecule has 0 bridgehead atoms. The van der Waals surface area contributed by atoms with E-state index in [1.54, 1.807) is 6.07 Å². The van der Waals surface area contributed by atoms with E-state index in [4.69, 9.17) is 4.74 Å². The van der Waals surface area contributed by atoms with Gasteiger partial charge in [0.05, 0.1) is 36.5 Å². The van der Waals surface area contributed by atoms with E-state index in [1.165, 1.54) is 31.5 Å². The standard InChI is InChI=1S/C22H27N5O6S/c1-22(2,3)16-11-14(27-18(28)8-9-23-21(27)30)10-15(19(16)33-4)20(29)25-13-6-7-17(24-12-13)26-34(5,31)32/h6-7,10-12H,8-9H2,1-5H3,(H,23,30)(H,24,26)(H,25,29). The number of carbonyl (C=O) groups is 3. The van der Waals surface area contributed by atoms with E-state index in [2.05, 4.69) is 20.3 Å². The zero-order valence-electron chi connectivity index (χ0n) is 19.6. The smallest absolute Gasteiger partial charge is 0.328 e. The zero-order chi connectivity index (χ0) is 25.3. The molecule has 0 radical (unpaired) electrons. The van der Waals surface area contributed by atoms with E-state index in [0.29, 0.717) is 17.0 Å². The lowest BCUT2D eigenvalue weighted by atomic mass is 9.84. The fraction of sp³-hybridized carbons (Fsp3) is 0.364. The number of hydrogen-bond acceptors (Lipinski definition) is 7. The van der Waals surface area contributed by atoms with Crippen LogP contribution in [0.15, 0.2) is 30.5 Å². The van der Waals surface area contributed by atoms with Crippen LogP contribution in [0.4, 0.5) is 22.0 Å². The number of anilines is 3. The van der Waals surface area contributed by atoms with Crippen LogP contribution in [0.5, 0.6) is 5.75 Å². The van der Waals surface area contributed by atoms with E-state index in [9.17, 15) is 22.8 Å². The van der Waals surface area contributed by atoms with Crippen molar-refractivity contribution in [3.63, 3.8) is 0 Å². The van der Waals surface area contributed by atoms with Crippen LogP contribution in [0.25, 0.3) is 0 Å². The van der Waals surface area contributed by atoms with Crippen LogP contribution < -0.4 is 25.0 Å². The SMILES string of the molecule is COc1c(C(=O)Nc2ccc(NS(C)(=O)=O)nc2)cc(N2C(=O)CCNC2=O)cc1C(C)(C)C. The number of ether oxygens (including phenoxy) is 1. The molecule has 2 heterocycles. The van der Waals surface area contributed by atoms with Gasteiger partial charge >= 0.3 is 6.03 Å². The number of hydrogen-bond donors (Lipinski definition) is 3. The fourth-order valence-corrected chi connectivity index (χ4v) is 3.95. The first kappa shape index (κ1) is 25.0. The number of nitrogens with zero attached hydrogens (tertiary/aromatic N) is 2. The second-order valence-corrected chi connectivity index (χ2v) is 10.5. The maximum Gasteiger partial charge on any atom is 0.328 e. The quantitative estimate of drug-likeness (QED) is 0.565. The monoisotopic (exact) mass is 489 g/mol. The summed E-state index contributed by atoms with van der Waals surface area (Å²) in [4.78, 5) is 43.2. The molecule has 0 saturated carbocycles. The van der Waals surface area contributed by atoms with E-state index in [0.717, 1.165) is 11.2 Å². The molecule has 182 valence electrons. The van der Waals surface area contributed by atoms with Crippen LogP contribution in [-0.4, -0.2) is 51.2 Å². The zero-order valence-corrected chi connectivity index (χ0v) is 20.4. The van der Waals surface area contributed by atoms with E-state index < -0.39 is 27.4 Å². The van der Waals surface area contributed by atoms with Gasteiger partial charge < -0.3 is 15.4 Å². The normalized spacial score (nSPS) is 14.4. The maximum absolute atomic E-state index is 13.3. The highest BCUT2D eigenvalue weighted by Crippen LogP contribution is 2.38. The van der Waals surface area contributed by atoms with E-state index in [1.807, 2.05) is 20.8 Å². The van der Waals surface area contributed by atoms with Gasteiger partial charge in [-0.05, 0) is 29.7 Å². The highest BCUT2D eigenvalue weighted by Gasteiger charge is 2.32. The molecule has 2 aromatic rings. The Balaban J connectivity index is 2.02. The lowest BCUT2D eigenvalue weighted by molar-refractivity contribution is -0.118. The first-order chi connectivity index (χ1) is 15.8. The summed E-state index contributed by atoms with van der Waals surface area (Å²) < 4.78 is 30.5. The molecule has 3 rings (SSSR count). The van der Waals surface area contributed by atoms with Gasteiger partial charge in [0, 0.05) is 18.5 Å². The highest BCUT2D eigenvalue weighted by molar-refractivity contribution is 7.92. The highest BCUT2D eigenvalue weighted by atomic mass is 32.2. The first-order valence-corrected chi connectivity index (χ1v) is 12.3. The summed E-state index contributed by atoms with van der Waals surface area (Å²) in [5.41, 5.74) is 0.834. The molecule has 1 aliphatic rings. The van der Waals surface area contributed by atoms with Crippen LogP contribution in [0, 0.1) is 0 Å². The molecule has 1 saturated heterocycles. The number of urea groups is 1. The van der Waals surface area contributed by atoms with Gasteiger partial charge in [-0.2, -0.15) is 0 Å². The minimum Gasteiger partial charge on any atom is -0.496 e. The van der Waals surface area contributed by atoms with Crippen molar-refractivity contribution < 1.29 is 27.5 Å². The van der Waals surface area contributed by atoms with Crippen LogP contribution in [0.1, 0.15) is 43.1 Å². The van der Waals surface area contributed by atoms with Crippen LogP contribution in [0.3, 0.4) is 0 Å². The van der Waals surface area contributed by atoms with Gasteiger partial charge in [0.2, 0.25) is 15.9 Å². The fourth-order valence-electron chi connectivity index (χ4n) is 3.45. The summed E-state index contributed by atoms with van der Waals surface area (Å²) in [5.74, 6) is -0.523. The number of carbonyl (C=O) groups excluding carboxylic acids is 3. The van der Waals surface area contributed by atoms with Gasteiger partial charge in [0.15, 0.2) is 0 Å². The average Bonchev–Trinajstić information content (AvgIpc) is 2.72. The Hall–Kier alpha value is -3.67. The number of sulfonamides is 1. The summed E-state index contributed by atoms with van der Waals surface area (Å²) in [6.07, 6.45) is 2.45. The number of benzene rings is 1. The van der Waals surface area contributed by atoms with Gasteiger partial charge in [-0.15, -0.1) is 0 Å². The van der Waals surface area contributed by atoms with E-state index in [-0.39, 0.29) is 35.9 Å². The molecule has 34 heavy (non-hydrogen) atoms. The molecule has 1 fully saturated rings. The van der Waals surface area contributed by atoms with Crippen molar-refractivity contribution in [1.82, 2.24) is 10.3 Å². The minimum atomic E-state index is -3.49. The lowest BCUT2D eigenvalue weighted by Crippen LogP contribution is -2.50. The van der Waals surface area contributed by atoms with Crippen molar-refractivity contribution in [2.75, 3.05) is 34.8 Å². The van der Waals surface area contributed by atoms with Gasteiger partial charge in [-0.1, -0.05) is 20.8 Å². The molecule has 1 aliphatic heterocycles. The second-order valence-electron chi connectivity index (χ2n) is 8.80. The Kier molecular flexibility index (Phi) is 6.82. The van der Waals surface area contributed by atoms with Gasteiger partial charge in [-0.25, -0.2) is 23.1 Å². The van der Waals surface area contributed by atoms with Crippen molar-refractivity contribution in [3.8, 4) is 5.75 Å². The molecule has 0 unspecified atom stereocenters. The third-order valence-electron chi connectivity index (χ3n) is 4.97. The predicted molar refractivity (Wildman–Crippen MR) is 128 cm³/mol. The van der Waals surface area contributed by atoms with Crippen molar-refractivity contribution in [2.45, 2.75) is 32.6 Å². The molecule has 12 heteroatoms.